The van der Waals surface area contributed by atoms with E-state index in [-0.39, 0.29) is 31.1 Å². The number of rotatable bonds is 54. The molecule has 392 valence electrons. The van der Waals surface area contributed by atoms with Crippen molar-refractivity contribution >= 4 is 17.9 Å². The van der Waals surface area contributed by atoms with Gasteiger partial charge in [-0.1, -0.05) is 256 Å². The van der Waals surface area contributed by atoms with Crippen LogP contribution < -0.4 is 0 Å². The van der Waals surface area contributed by atoms with Gasteiger partial charge in [0.2, 0.25) is 0 Å². The summed E-state index contributed by atoms with van der Waals surface area (Å²) in [5.41, 5.74) is 0. The molecule has 0 saturated carbocycles. The molecule has 0 radical (unpaired) electrons. The topological polar surface area (TPSA) is 78.9 Å². The van der Waals surface area contributed by atoms with E-state index >= 15 is 0 Å². The molecule has 0 aliphatic carbocycles. The molecular weight excluding hydrogens is 829 g/mol. The number of ether oxygens (including phenoxy) is 3. The quantitative estimate of drug-likeness (QED) is 0.0262. The molecule has 0 saturated heterocycles. The lowest BCUT2D eigenvalue weighted by Gasteiger charge is -2.18. The van der Waals surface area contributed by atoms with Crippen LogP contribution in [0.3, 0.4) is 0 Å². The normalized spacial score (nSPS) is 12.2. The van der Waals surface area contributed by atoms with E-state index in [9.17, 15) is 14.4 Å². The number of hydrogen-bond acceptors (Lipinski definition) is 6. The first kappa shape index (κ1) is 64.6. The Morgan fingerprint density at radius 2 is 0.537 bits per heavy atom. The fraction of sp³-hybridized carbons (Fsp3) is 0.852. The fourth-order valence-electron chi connectivity index (χ4n) is 8.65. The summed E-state index contributed by atoms with van der Waals surface area (Å²) in [5, 5.41) is 0. The molecule has 67 heavy (non-hydrogen) atoms. The van der Waals surface area contributed by atoms with Gasteiger partial charge in [-0.25, -0.2) is 0 Å². The van der Waals surface area contributed by atoms with Crippen LogP contribution in [0.2, 0.25) is 0 Å². The van der Waals surface area contributed by atoms with Crippen molar-refractivity contribution < 1.29 is 28.6 Å². The van der Waals surface area contributed by atoms with Gasteiger partial charge in [0.25, 0.3) is 0 Å². The highest BCUT2D eigenvalue weighted by molar-refractivity contribution is 5.71. The maximum Gasteiger partial charge on any atom is 0.306 e. The monoisotopic (exact) mass is 941 g/mol. The van der Waals surface area contributed by atoms with Gasteiger partial charge in [0.15, 0.2) is 6.10 Å². The molecule has 0 aliphatic heterocycles. The molecule has 0 aromatic rings. The van der Waals surface area contributed by atoms with Crippen molar-refractivity contribution in [1.29, 1.82) is 0 Å². The van der Waals surface area contributed by atoms with Crippen LogP contribution in [0, 0.1) is 0 Å². The van der Waals surface area contributed by atoms with E-state index in [1.54, 1.807) is 0 Å². The first-order valence-electron chi connectivity index (χ1n) is 29.5. The molecule has 0 fully saturated rings. The van der Waals surface area contributed by atoms with Crippen molar-refractivity contribution in [2.75, 3.05) is 13.2 Å². The zero-order valence-electron chi connectivity index (χ0n) is 44.9. The molecule has 6 heteroatoms. The second-order valence-corrected chi connectivity index (χ2v) is 19.9. The minimum Gasteiger partial charge on any atom is -0.462 e. The third-order valence-corrected chi connectivity index (χ3v) is 13.1. The van der Waals surface area contributed by atoms with E-state index < -0.39 is 6.10 Å². The Morgan fingerprint density at radius 1 is 0.299 bits per heavy atom. The molecule has 1 unspecified atom stereocenters. The molecule has 0 N–H and O–H groups in total. The van der Waals surface area contributed by atoms with Gasteiger partial charge in [0, 0.05) is 19.3 Å². The van der Waals surface area contributed by atoms with E-state index in [0.717, 1.165) is 70.6 Å². The highest BCUT2D eigenvalue weighted by atomic mass is 16.6. The number of hydrogen-bond donors (Lipinski definition) is 0. The smallest absolute Gasteiger partial charge is 0.306 e. The summed E-state index contributed by atoms with van der Waals surface area (Å²) in [7, 11) is 0. The van der Waals surface area contributed by atoms with Crippen LogP contribution >= 0.6 is 0 Å². The third-order valence-electron chi connectivity index (χ3n) is 13.1. The molecule has 0 rings (SSSR count). The Labute approximate surface area is 416 Å². The Morgan fingerprint density at radius 3 is 0.836 bits per heavy atom. The Hall–Kier alpha value is -2.37. The van der Waals surface area contributed by atoms with Gasteiger partial charge in [-0.2, -0.15) is 0 Å². The van der Waals surface area contributed by atoms with Crippen LogP contribution in [0.15, 0.2) is 36.5 Å². The van der Waals surface area contributed by atoms with E-state index in [2.05, 4.69) is 57.2 Å². The van der Waals surface area contributed by atoms with E-state index in [1.165, 1.54) is 205 Å². The second kappa shape index (κ2) is 56.2. The predicted molar refractivity (Wildman–Crippen MR) is 289 cm³/mol. The summed E-state index contributed by atoms with van der Waals surface area (Å²) >= 11 is 0. The van der Waals surface area contributed by atoms with Gasteiger partial charge in [0.1, 0.15) is 13.2 Å². The lowest BCUT2D eigenvalue weighted by Crippen LogP contribution is -2.30. The first-order chi connectivity index (χ1) is 33.0. The molecule has 0 amide bonds. The average Bonchev–Trinajstić information content (AvgIpc) is 3.33. The number of carbonyl (C=O) groups excluding carboxylic acids is 3. The largest absolute Gasteiger partial charge is 0.462 e. The van der Waals surface area contributed by atoms with Crippen molar-refractivity contribution in [3.8, 4) is 0 Å². The molecule has 1 atom stereocenters. The van der Waals surface area contributed by atoms with Crippen molar-refractivity contribution in [2.24, 2.45) is 0 Å². The summed E-state index contributed by atoms with van der Waals surface area (Å²) in [6, 6.07) is 0. The van der Waals surface area contributed by atoms with Gasteiger partial charge in [0.05, 0.1) is 0 Å². The highest BCUT2D eigenvalue weighted by Crippen LogP contribution is 2.16. The molecule has 0 spiro atoms. The molecular formula is C61H112O6. The molecule has 0 heterocycles. The lowest BCUT2D eigenvalue weighted by atomic mass is 10.0. The summed E-state index contributed by atoms with van der Waals surface area (Å²) in [6.07, 6.45) is 67.2. The average molecular weight is 942 g/mol. The zero-order valence-corrected chi connectivity index (χ0v) is 44.9. The van der Waals surface area contributed by atoms with E-state index in [1.807, 2.05) is 0 Å². The Kier molecular flexibility index (Phi) is 54.2. The van der Waals surface area contributed by atoms with E-state index in [0.29, 0.717) is 19.3 Å². The first-order valence-corrected chi connectivity index (χ1v) is 29.5. The summed E-state index contributed by atoms with van der Waals surface area (Å²) < 4.78 is 16.8. The molecule has 6 nitrogen and oxygen atoms in total. The summed E-state index contributed by atoms with van der Waals surface area (Å²) in [5.74, 6) is -0.869. The van der Waals surface area contributed by atoms with Gasteiger partial charge >= 0.3 is 17.9 Å². The van der Waals surface area contributed by atoms with Gasteiger partial charge in [-0.15, -0.1) is 0 Å². The van der Waals surface area contributed by atoms with Crippen LogP contribution in [-0.2, 0) is 28.6 Å². The Bertz CT molecular complexity index is 1130. The predicted octanol–water partition coefficient (Wildman–Crippen LogP) is 19.7. The Balaban J connectivity index is 4.17. The maximum atomic E-state index is 12.8. The second-order valence-electron chi connectivity index (χ2n) is 19.9. The van der Waals surface area contributed by atoms with Crippen molar-refractivity contribution in [3.63, 3.8) is 0 Å². The fourth-order valence-corrected chi connectivity index (χ4v) is 8.65. The van der Waals surface area contributed by atoms with Gasteiger partial charge in [-0.3, -0.25) is 14.4 Å². The van der Waals surface area contributed by atoms with Crippen LogP contribution in [0.4, 0.5) is 0 Å². The number of esters is 3. The molecule has 0 aliphatic rings. The number of allylic oxidation sites excluding steroid dienone is 6. The molecule has 0 aromatic heterocycles. The maximum absolute atomic E-state index is 12.8. The van der Waals surface area contributed by atoms with Crippen molar-refractivity contribution in [3.05, 3.63) is 36.5 Å². The number of carbonyl (C=O) groups is 3. The molecule has 0 aromatic carbocycles. The SMILES string of the molecule is CCCCCCC/C=C\C/C=C\CCCCCCCCCCCCCCCC(=O)OCC(COC(=O)CCCCCCCCCCC)OC(=O)CCCCCCC/C=C\CCCCCCCC. The van der Waals surface area contributed by atoms with E-state index in [4.69, 9.17) is 14.2 Å². The summed E-state index contributed by atoms with van der Waals surface area (Å²) in [6.45, 7) is 6.63. The highest BCUT2D eigenvalue weighted by Gasteiger charge is 2.19. The van der Waals surface area contributed by atoms with Gasteiger partial charge < -0.3 is 14.2 Å². The van der Waals surface area contributed by atoms with Crippen LogP contribution in [0.5, 0.6) is 0 Å². The van der Waals surface area contributed by atoms with Crippen LogP contribution in [0.25, 0.3) is 0 Å². The van der Waals surface area contributed by atoms with Crippen LogP contribution in [0.1, 0.15) is 316 Å². The molecule has 0 bridgehead atoms. The van der Waals surface area contributed by atoms with Gasteiger partial charge in [-0.05, 0) is 77.0 Å². The van der Waals surface area contributed by atoms with Crippen molar-refractivity contribution in [1.82, 2.24) is 0 Å². The lowest BCUT2D eigenvalue weighted by molar-refractivity contribution is -0.167. The summed E-state index contributed by atoms with van der Waals surface area (Å²) in [4.78, 5) is 38.0. The standard InChI is InChI=1S/C61H112O6/c1-4-7-10-13-16-19-21-23-25-26-27-28-29-30-31-32-33-34-36-37-39-42-45-48-51-54-60(63)66-57-58(56-65-59(62)53-50-47-44-41-18-15-12-9-6-3)67-61(64)55-52-49-46-43-40-38-35-24-22-20-17-14-11-8-5-2/h21,23-24,26-27,35,58H,4-20,22,25,28-34,36-57H2,1-3H3/b23-21-,27-26-,35-24-. The third kappa shape index (κ3) is 54.4. The van der Waals surface area contributed by atoms with Crippen molar-refractivity contribution in [2.45, 2.75) is 322 Å². The number of unbranched alkanes of at least 4 members (excludes halogenated alkanes) is 37. The minimum absolute atomic E-state index is 0.0721. The zero-order chi connectivity index (χ0) is 48.6. The van der Waals surface area contributed by atoms with Crippen LogP contribution in [-0.4, -0.2) is 37.2 Å². The minimum atomic E-state index is -0.772.